The molecule has 2 heterocycles. The lowest BCUT2D eigenvalue weighted by Crippen LogP contribution is -2.49. The lowest BCUT2D eigenvalue weighted by atomic mass is 10.2. The van der Waals surface area contributed by atoms with E-state index >= 15 is 0 Å². The van der Waals surface area contributed by atoms with Crippen LogP contribution in [0.15, 0.2) is 47.6 Å². The monoisotopic (exact) mass is 375 g/mol. The van der Waals surface area contributed by atoms with E-state index in [2.05, 4.69) is 9.97 Å². The van der Waals surface area contributed by atoms with Crippen molar-refractivity contribution in [1.29, 1.82) is 0 Å². The molecular weight excluding hydrogens is 354 g/mol. The number of sulfonamides is 1. The minimum Gasteiger partial charge on any atom is -0.337 e. The van der Waals surface area contributed by atoms with Crippen LogP contribution < -0.4 is 4.90 Å². The summed E-state index contributed by atoms with van der Waals surface area (Å²) in [7, 11) is -0.637. The van der Waals surface area contributed by atoms with Gasteiger partial charge in [0.15, 0.2) is 0 Å². The number of hydrogen-bond donors (Lipinski definition) is 0. The van der Waals surface area contributed by atoms with Gasteiger partial charge < -0.3 is 9.80 Å². The molecule has 1 saturated heterocycles. The Labute approximate surface area is 153 Å². The maximum atomic E-state index is 12.8. The summed E-state index contributed by atoms with van der Waals surface area (Å²) in [5.41, 5.74) is 0.373. The Kier molecular flexibility index (Phi) is 5.19. The van der Waals surface area contributed by atoms with Gasteiger partial charge in [0, 0.05) is 58.2 Å². The maximum Gasteiger partial charge on any atom is 0.254 e. The van der Waals surface area contributed by atoms with Crippen molar-refractivity contribution in [2.75, 3.05) is 45.2 Å². The van der Waals surface area contributed by atoms with E-state index < -0.39 is 10.0 Å². The first-order chi connectivity index (χ1) is 12.4. The normalized spacial score (nSPS) is 15.3. The third kappa shape index (κ3) is 3.68. The molecule has 2 aromatic rings. The summed E-state index contributed by atoms with van der Waals surface area (Å²) in [5, 5.41) is 0. The van der Waals surface area contributed by atoms with Crippen LogP contribution in [0.25, 0.3) is 0 Å². The molecule has 1 aromatic heterocycles. The van der Waals surface area contributed by atoms with E-state index in [-0.39, 0.29) is 10.8 Å². The first kappa shape index (κ1) is 18.3. The number of piperazine rings is 1. The standard InChI is InChI=1S/C17H21N5O3S/c1-20(2)26(24,25)15-6-3-5-14(13-15)16(23)21-9-11-22(12-10-21)17-18-7-4-8-19-17/h3-8,13H,9-12H2,1-2H3. The molecule has 138 valence electrons. The highest BCUT2D eigenvalue weighted by Crippen LogP contribution is 2.17. The first-order valence-electron chi connectivity index (χ1n) is 8.23. The number of nitrogens with zero attached hydrogens (tertiary/aromatic N) is 5. The summed E-state index contributed by atoms with van der Waals surface area (Å²) >= 11 is 0. The molecule has 1 aliphatic rings. The van der Waals surface area contributed by atoms with Crippen LogP contribution in [0.4, 0.5) is 5.95 Å². The molecule has 8 nitrogen and oxygen atoms in total. The van der Waals surface area contributed by atoms with E-state index in [1.54, 1.807) is 35.5 Å². The number of carbonyl (C=O) groups is 1. The zero-order chi connectivity index (χ0) is 18.7. The van der Waals surface area contributed by atoms with Crippen LogP contribution in [0.2, 0.25) is 0 Å². The number of aromatic nitrogens is 2. The molecule has 1 fully saturated rings. The minimum atomic E-state index is -3.57. The second-order valence-electron chi connectivity index (χ2n) is 6.14. The molecule has 0 unspecified atom stereocenters. The van der Waals surface area contributed by atoms with Crippen LogP contribution in [0.3, 0.4) is 0 Å². The molecule has 3 rings (SSSR count). The van der Waals surface area contributed by atoms with E-state index in [0.717, 1.165) is 4.31 Å². The summed E-state index contributed by atoms with van der Waals surface area (Å²) < 4.78 is 25.7. The van der Waals surface area contributed by atoms with Crippen molar-refractivity contribution in [3.05, 3.63) is 48.3 Å². The number of rotatable bonds is 4. The second kappa shape index (κ2) is 7.38. The van der Waals surface area contributed by atoms with Gasteiger partial charge in [-0.2, -0.15) is 0 Å². The van der Waals surface area contributed by atoms with Gasteiger partial charge in [-0.05, 0) is 24.3 Å². The molecule has 26 heavy (non-hydrogen) atoms. The molecule has 1 amide bonds. The summed E-state index contributed by atoms with van der Waals surface area (Å²) in [5.74, 6) is 0.480. The largest absolute Gasteiger partial charge is 0.337 e. The Balaban J connectivity index is 1.71. The van der Waals surface area contributed by atoms with Crippen molar-refractivity contribution in [2.24, 2.45) is 0 Å². The fourth-order valence-corrected chi connectivity index (χ4v) is 3.70. The Bertz CT molecular complexity index is 878. The number of benzene rings is 1. The quantitative estimate of drug-likeness (QED) is 0.781. The molecule has 0 atom stereocenters. The first-order valence-corrected chi connectivity index (χ1v) is 9.67. The molecule has 0 saturated carbocycles. The van der Waals surface area contributed by atoms with Gasteiger partial charge in [0.25, 0.3) is 5.91 Å². The van der Waals surface area contributed by atoms with Crippen LogP contribution in [0, 0.1) is 0 Å². The van der Waals surface area contributed by atoms with Gasteiger partial charge in [0.2, 0.25) is 16.0 Å². The van der Waals surface area contributed by atoms with Crippen molar-refractivity contribution < 1.29 is 13.2 Å². The van der Waals surface area contributed by atoms with Crippen LogP contribution in [-0.4, -0.2) is 73.8 Å². The van der Waals surface area contributed by atoms with E-state index in [4.69, 9.17) is 0 Å². The van der Waals surface area contributed by atoms with Gasteiger partial charge in [-0.3, -0.25) is 4.79 Å². The molecule has 0 N–H and O–H groups in total. The molecule has 0 bridgehead atoms. The van der Waals surface area contributed by atoms with Gasteiger partial charge >= 0.3 is 0 Å². The minimum absolute atomic E-state index is 0.115. The van der Waals surface area contributed by atoms with E-state index in [0.29, 0.717) is 37.7 Å². The molecule has 1 aromatic carbocycles. The van der Waals surface area contributed by atoms with E-state index in [9.17, 15) is 13.2 Å². The van der Waals surface area contributed by atoms with Gasteiger partial charge in [0.1, 0.15) is 0 Å². The molecular formula is C17H21N5O3S. The third-order valence-electron chi connectivity index (χ3n) is 4.26. The van der Waals surface area contributed by atoms with Crippen molar-refractivity contribution in [2.45, 2.75) is 4.90 Å². The zero-order valence-electron chi connectivity index (χ0n) is 14.7. The van der Waals surface area contributed by atoms with Gasteiger partial charge in [-0.1, -0.05) is 6.07 Å². The summed E-state index contributed by atoms with van der Waals surface area (Å²) in [6.07, 6.45) is 3.38. The van der Waals surface area contributed by atoms with Crippen LogP contribution in [0.5, 0.6) is 0 Å². The maximum absolute atomic E-state index is 12.8. The predicted molar refractivity (Wildman–Crippen MR) is 97.5 cm³/mol. The smallest absolute Gasteiger partial charge is 0.254 e. The summed E-state index contributed by atoms with van der Waals surface area (Å²) in [6.45, 7) is 2.32. The van der Waals surface area contributed by atoms with Crippen LogP contribution in [-0.2, 0) is 10.0 Å². The molecule has 0 radical (unpaired) electrons. The van der Waals surface area contributed by atoms with Gasteiger partial charge in [0.05, 0.1) is 4.90 Å². The fraction of sp³-hybridized carbons (Fsp3) is 0.353. The Morgan fingerprint density at radius 2 is 1.69 bits per heavy atom. The van der Waals surface area contributed by atoms with Crippen molar-refractivity contribution in [3.8, 4) is 0 Å². The lowest BCUT2D eigenvalue weighted by Gasteiger charge is -2.34. The number of anilines is 1. The number of amides is 1. The average molecular weight is 375 g/mol. The number of hydrogen-bond acceptors (Lipinski definition) is 6. The predicted octanol–water partition coefficient (Wildman–Crippen LogP) is 0.689. The second-order valence-corrected chi connectivity index (χ2v) is 8.30. The highest BCUT2D eigenvalue weighted by Gasteiger charge is 2.25. The van der Waals surface area contributed by atoms with E-state index in [1.807, 2.05) is 4.90 Å². The highest BCUT2D eigenvalue weighted by atomic mass is 32.2. The molecule has 9 heteroatoms. The highest BCUT2D eigenvalue weighted by molar-refractivity contribution is 7.89. The summed E-state index contributed by atoms with van der Waals surface area (Å²) in [4.78, 5) is 25.1. The SMILES string of the molecule is CN(C)S(=O)(=O)c1cccc(C(=O)N2CCN(c3ncccn3)CC2)c1. The van der Waals surface area contributed by atoms with Crippen molar-refractivity contribution >= 4 is 21.9 Å². The number of carbonyl (C=O) groups excluding carboxylic acids is 1. The molecule has 0 aliphatic carbocycles. The Morgan fingerprint density at radius 3 is 2.31 bits per heavy atom. The Morgan fingerprint density at radius 1 is 1.04 bits per heavy atom. The Hall–Kier alpha value is -2.52. The van der Waals surface area contributed by atoms with Gasteiger partial charge in [-0.25, -0.2) is 22.7 Å². The fourth-order valence-electron chi connectivity index (χ4n) is 2.75. The zero-order valence-corrected chi connectivity index (χ0v) is 15.6. The van der Waals surface area contributed by atoms with Crippen molar-refractivity contribution in [3.63, 3.8) is 0 Å². The topological polar surface area (TPSA) is 86.7 Å². The summed E-state index contributed by atoms with van der Waals surface area (Å²) in [6, 6.07) is 7.93. The van der Waals surface area contributed by atoms with Crippen molar-refractivity contribution in [1.82, 2.24) is 19.2 Å². The molecule has 1 aliphatic heterocycles. The third-order valence-corrected chi connectivity index (χ3v) is 6.07. The van der Waals surface area contributed by atoms with Crippen LogP contribution >= 0.6 is 0 Å². The molecule has 0 spiro atoms. The van der Waals surface area contributed by atoms with Crippen LogP contribution in [0.1, 0.15) is 10.4 Å². The average Bonchev–Trinajstić information content (AvgIpc) is 2.68. The van der Waals surface area contributed by atoms with E-state index in [1.165, 1.54) is 26.2 Å². The van der Waals surface area contributed by atoms with Gasteiger partial charge in [-0.15, -0.1) is 0 Å². The lowest BCUT2D eigenvalue weighted by molar-refractivity contribution is 0.0746.